The van der Waals surface area contributed by atoms with Crippen molar-refractivity contribution >= 4 is 55.3 Å². The zero-order valence-electron chi connectivity index (χ0n) is 41.7. The van der Waals surface area contributed by atoms with Crippen molar-refractivity contribution in [2.24, 2.45) is 0 Å². The van der Waals surface area contributed by atoms with Crippen LogP contribution in [0.4, 0.5) is 0 Å². The van der Waals surface area contributed by atoms with Crippen LogP contribution < -0.4 is 35.2 Å². The van der Waals surface area contributed by atoms with Gasteiger partial charge in [-0.1, -0.05) is 0 Å². The van der Waals surface area contributed by atoms with Gasteiger partial charge in [-0.2, -0.15) is 0 Å². The van der Waals surface area contributed by atoms with Crippen LogP contribution in [-0.4, -0.2) is 21.6 Å². The van der Waals surface area contributed by atoms with Gasteiger partial charge in [-0.15, -0.1) is 0 Å². The minimum atomic E-state index is -2.77. The summed E-state index contributed by atoms with van der Waals surface area (Å²) in [7, 11) is -3.07. The van der Waals surface area contributed by atoms with Gasteiger partial charge >= 0.3 is 386 Å². The molecule has 0 saturated carbocycles. The Balaban J connectivity index is 0.00000340. The normalized spacial score (nSPS) is 15.5. The molecule has 0 spiro atoms. The van der Waals surface area contributed by atoms with E-state index in [0.29, 0.717) is 7.25 Å². The van der Waals surface area contributed by atoms with Crippen LogP contribution in [-0.2, 0) is 20.4 Å². The molecule has 2 heterocycles. The van der Waals surface area contributed by atoms with Gasteiger partial charge in [0.05, 0.1) is 0 Å². The van der Waals surface area contributed by atoms with Gasteiger partial charge < -0.3 is 24.8 Å². The van der Waals surface area contributed by atoms with Crippen LogP contribution in [0.3, 0.4) is 0 Å². The Morgan fingerprint density at radius 1 is 0.469 bits per heavy atom. The van der Waals surface area contributed by atoms with Crippen LogP contribution >= 0.6 is 0 Å². The smallest absolute Gasteiger partial charge is 1.00 e. The molecule has 334 valence electrons. The Morgan fingerprint density at radius 3 is 1.06 bits per heavy atom. The molecule has 0 saturated heterocycles. The number of aryl methyl sites for hydroxylation is 8. The maximum atomic E-state index is 6.72. The monoisotopic (exact) mass is 1020 g/mol. The first-order chi connectivity index (χ1) is 29.0. The largest absolute Gasteiger partial charge is 1.00 e. The van der Waals surface area contributed by atoms with E-state index in [1.807, 2.05) is 0 Å². The molecule has 8 heteroatoms. The number of fused-ring (bicyclic) bond motifs is 2. The topological polar surface area (TPSA) is 26.3 Å². The average molecular weight is 1020 g/mol. The van der Waals surface area contributed by atoms with E-state index in [0.717, 1.165) is 23.0 Å². The Hall–Kier alpha value is -2.97. The molecule has 2 aromatic heterocycles. The van der Waals surface area contributed by atoms with Crippen molar-refractivity contribution in [3.05, 3.63) is 150 Å². The molecular formula is C56H68Cl2O2Si3Zr. The first-order valence-electron chi connectivity index (χ1n) is 22.7. The Bertz CT molecular complexity index is 2720. The van der Waals surface area contributed by atoms with Crippen molar-refractivity contribution in [2.75, 3.05) is 0 Å². The molecule has 6 aromatic rings. The number of hydrogen-bond donors (Lipinski definition) is 0. The van der Waals surface area contributed by atoms with Gasteiger partial charge in [0.2, 0.25) is 0 Å². The summed E-state index contributed by atoms with van der Waals surface area (Å²) in [6.07, 6.45) is 5.16. The molecule has 0 radical (unpaired) electrons. The van der Waals surface area contributed by atoms with Crippen molar-refractivity contribution in [1.82, 2.24) is 0 Å². The summed E-state index contributed by atoms with van der Waals surface area (Å²) >= 11 is -2.77. The van der Waals surface area contributed by atoms with Crippen LogP contribution in [0.25, 0.3) is 45.6 Å². The molecule has 64 heavy (non-hydrogen) atoms. The van der Waals surface area contributed by atoms with E-state index in [4.69, 9.17) is 8.83 Å². The first-order valence-corrected chi connectivity index (χ1v) is 38.8. The third-order valence-corrected chi connectivity index (χ3v) is 37.9. The quantitative estimate of drug-likeness (QED) is 0.142. The zero-order chi connectivity index (χ0) is 45.1. The number of allylic oxidation sites excluding steroid dienone is 2. The van der Waals surface area contributed by atoms with Crippen LogP contribution in [0.1, 0.15) is 97.1 Å². The van der Waals surface area contributed by atoms with Gasteiger partial charge in [-0.25, -0.2) is 0 Å². The summed E-state index contributed by atoms with van der Waals surface area (Å²) in [5.41, 5.74) is 24.7. The van der Waals surface area contributed by atoms with Crippen LogP contribution in [0.5, 0.6) is 0 Å². The van der Waals surface area contributed by atoms with E-state index in [-0.39, 0.29) is 24.8 Å². The molecule has 0 amide bonds. The molecular weight excluding hydrogens is 951 g/mol. The summed E-state index contributed by atoms with van der Waals surface area (Å²) in [6.45, 7) is 43.2. The number of rotatable bonds is 8. The summed E-state index contributed by atoms with van der Waals surface area (Å²) in [5.74, 6) is 4.03. The van der Waals surface area contributed by atoms with Crippen molar-refractivity contribution < 1.29 is 54.0 Å². The number of halogens is 2. The van der Waals surface area contributed by atoms with Crippen molar-refractivity contribution in [3.8, 4) is 22.3 Å². The van der Waals surface area contributed by atoms with Gasteiger partial charge in [0.25, 0.3) is 0 Å². The average Bonchev–Trinajstić information content (AvgIpc) is 3.94. The van der Waals surface area contributed by atoms with Gasteiger partial charge in [0, 0.05) is 0 Å². The SMILES string of the molecule is Cc1ccc(C2=Cc3c(cc(C)c(C)c3-c3cc(C)c([Si](C)(C)C)c(C)c3)[CH]2[Zr+2]([CH]2C(c3ccc(C)o3)=Cc3c2cc(C)c(C)c3-c2cc(C)c([Si](C)(C)C)c(C)c2)=[Si](C)C)o1.[Cl-].[Cl-]. The van der Waals surface area contributed by atoms with Crippen LogP contribution in [0.2, 0.25) is 52.4 Å². The van der Waals surface area contributed by atoms with E-state index in [2.05, 4.69) is 194 Å². The molecule has 2 aliphatic rings. The van der Waals surface area contributed by atoms with Crippen molar-refractivity contribution in [3.63, 3.8) is 0 Å². The molecule has 2 atom stereocenters. The minimum absolute atomic E-state index is 0. The Kier molecular flexibility index (Phi) is 14.4. The summed E-state index contributed by atoms with van der Waals surface area (Å²) in [4.78, 5) is 0. The van der Waals surface area contributed by atoms with Gasteiger partial charge in [0.15, 0.2) is 0 Å². The Morgan fingerprint density at radius 2 is 0.797 bits per heavy atom. The molecule has 0 bridgehead atoms. The predicted octanol–water partition coefficient (Wildman–Crippen LogP) is 9.15. The predicted molar refractivity (Wildman–Crippen MR) is 273 cm³/mol. The minimum Gasteiger partial charge on any atom is -1.00 e. The van der Waals surface area contributed by atoms with Crippen molar-refractivity contribution in [2.45, 2.75) is 129 Å². The number of furan rings is 2. The molecule has 0 aliphatic heterocycles. The van der Waals surface area contributed by atoms with E-state index < -0.39 is 41.9 Å². The third-order valence-electron chi connectivity index (χ3n) is 14.1. The van der Waals surface area contributed by atoms with E-state index in [9.17, 15) is 0 Å². The molecule has 4 aromatic carbocycles. The van der Waals surface area contributed by atoms with Crippen LogP contribution in [0, 0.1) is 69.2 Å². The molecule has 0 N–H and O–H groups in total. The molecule has 8 rings (SSSR count). The fourth-order valence-corrected chi connectivity index (χ4v) is 36.6. The zero-order valence-corrected chi connectivity index (χ0v) is 48.6. The fraction of sp³-hybridized carbons (Fsp3) is 0.357. The van der Waals surface area contributed by atoms with Crippen molar-refractivity contribution in [1.29, 1.82) is 0 Å². The van der Waals surface area contributed by atoms with Crippen LogP contribution in [0.15, 0.2) is 69.5 Å². The third kappa shape index (κ3) is 8.72. The second-order valence-corrected chi connectivity index (χ2v) is 49.1. The molecule has 2 aliphatic carbocycles. The summed E-state index contributed by atoms with van der Waals surface area (Å²) in [6, 6.07) is 24.1. The van der Waals surface area contributed by atoms with Gasteiger partial charge in [0.1, 0.15) is 0 Å². The molecule has 0 fully saturated rings. The summed E-state index contributed by atoms with van der Waals surface area (Å²) in [5, 5.41) is 3.19. The Labute approximate surface area is 407 Å². The van der Waals surface area contributed by atoms with E-state index in [1.165, 1.54) is 100 Å². The molecule has 2 unspecified atom stereocenters. The molecule has 2 nitrogen and oxygen atoms in total. The second-order valence-electron chi connectivity index (χ2n) is 21.2. The standard InChI is InChI=1S/2C27H31OSi.C2H6Si.2ClH.Zr/c2*1-16-11-21-14-22(25-10-9-19(4)28-25)15-24(21)26(20(16)5)23-12-17(2)27(18(3)13-23)29(6,7)8;1-3-2;;;/h2*9-15H,1-8H3;1-2H3;2*1H;/q;;;;;+2/p-2. The van der Waals surface area contributed by atoms with Gasteiger partial charge in [-0.05, 0) is 0 Å². The first kappa shape index (κ1) is 50.4. The summed E-state index contributed by atoms with van der Waals surface area (Å²) < 4.78 is 14.1. The number of hydrogen-bond acceptors (Lipinski definition) is 2. The maximum absolute atomic E-state index is 6.72. The number of benzene rings is 4. The van der Waals surface area contributed by atoms with E-state index >= 15 is 0 Å². The second kappa shape index (κ2) is 18.3. The fourth-order valence-electron chi connectivity index (χ4n) is 11.9. The van der Waals surface area contributed by atoms with Gasteiger partial charge in [-0.3, -0.25) is 0 Å². The maximum Gasteiger partial charge on any atom is -1.00 e. The van der Waals surface area contributed by atoms with E-state index in [1.54, 1.807) is 10.4 Å².